The van der Waals surface area contributed by atoms with E-state index in [2.05, 4.69) is 51.5 Å². The molecule has 1 atom stereocenters. The molecule has 6 nitrogen and oxygen atoms in total. The van der Waals surface area contributed by atoms with Gasteiger partial charge in [0.25, 0.3) is 0 Å². The lowest BCUT2D eigenvalue weighted by atomic mass is 9.83. The van der Waals surface area contributed by atoms with Crippen LogP contribution in [0.5, 0.6) is 0 Å². The quantitative estimate of drug-likeness (QED) is 0.216. The summed E-state index contributed by atoms with van der Waals surface area (Å²) in [5.41, 5.74) is 6.81. The minimum Gasteiger partial charge on any atom is -0.420 e. The average molecular weight is 439 g/mol. The molecule has 6 heteroatoms. The molecule has 1 fully saturated rings. The van der Waals surface area contributed by atoms with E-state index in [1.807, 2.05) is 43.3 Å². The zero-order valence-electron chi connectivity index (χ0n) is 18.8. The van der Waals surface area contributed by atoms with Gasteiger partial charge in [-0.2, -0.15) is 0 Å². The van der Waals surface area contributed by atoms with Crippen LogP contribution in [0, 0.1) is 13.8 Å². The van der Waals surface area contributed by atoms with Crippen LogP contribution in [-0.2, 0) is 0 Å². The normalized spacial score (nSPS) is 14.9. The summed E-state index contributed by atoms with van der Waals surface area (Å²) in [5, 5.41) is 22.0. The number of hydrogen-bond donors (Lipinski definition) is 1. The topological polar surface area (TPSA) is 84.4 Å². The lowest BCUT2D eigenvalue weighted by molar-refractivity contribution is 0.317. The first-order valence-electron chi connectivity index (χ1n) is 11.3. The first kappa shape index (κ1) is 21.1. The monoisotopic (exact) mass is 438 g/mol. The van der Waals surface area contributed by atoms with Gasteiger partial charge in [0.15, 0.2) is 0 Å². The highest BCUT2D eigenvalue weighted by Crippen LogP contribution is 2.40. The molecule has 1 aliphatic rings. The van der Waals surface area contributed by atoms with Crippen molar-refractivity contribution in [3.05, 3.63) is 101 Å². The van der Waals surface area contributed by atoms with Crippen molar-refractivity contribution in [2.24, 2.45) is 5.16 Å². The van der Waals surface area contributed by atoms with E-state index >= 15 is 0 Å². The van der Waals surface area contributed by atoms with Crippen LogP contribution in [0.2, 0.25) is 0 Å². The second-order valence-electron chi connectivity index (χ2n) is 8.69. The first-order valence-corrected chi connectivity index (χ1v) is 11.3. The highest BCUT2D eigenvalue weighted by molar-refractivity contribution is 6.01. The van der Waals surface area contributed by atoms with Crippen molar-refractivity contribution >= 4 is 5.71 Å². The fraction of sp³-hybridized carbons (Fsp3) is 0.259. The maximum atomic E-state index is 9.87. The van der Waals surface area contributed by atoms with E-state index in [4.69, 9.17) is 4.42 Å². The minimum absolute atomic E-state index is 0.0179. The van der Waals surface area contributed by atoms with Crippen molar-refractivity contribution in [2.75, 3.05) is 0 Å². The third kappa shape index (κ3) is 4.55. The fourth-order valence-corrected chi connectivity index (χ4v) is 4.22. The molecule has 2 aromatic carbocycles. The van der Waals surface area contributed by atoms with Gasteiger partial charge in [-0.3, -0.25) is 4.98 Å². The van der Waals surface area contributed by atoms with Gasteiger partial charge >= 0.3 is 0 Å². The highest BCUT2D eigenvalue weighted by Gasteiger charge is 2.29. The zero-order chi connectivity index (χ0) is 22.8. The van der Waals surface area contributed by atoms with Gasteiger partial charge < -0.3 is 9.62 Å². The summed E-state index contributed by atoms with van der Waals surface area (Å²) in [4.78, 5) is 4.26. The number of benzene rings is 2. The molecule has 0 amide bonds. The number of rotatable bonds is 7. The van der Waals surface area contributed by atoms with Gasteiger partial charge in [0.05, 0.1) is 5.71 Å². The van der Waals surface area contributed by atoms with Gasteiger partial charge in [-0.05, 0) is 67.6 Å². The van der Waals surface area contributed by atoms with E-state index in [0.29, 0.717) is 23.9 Å². The van der Waals surface area contributed by atoms with Crippen LogP contribution in [0.25, 0.3) is 11.5 Å². The summed E-state index contributed by atoms with van der Waals surface area (Å²) >= 11 is 0. The Morgan fingerprint density at radius 3 is 2.55 bits per heavy atom. The third-order valence-corrected chi connectivity index (χ3v) is 6.24. The molecular weight excluding hydrogens is 412 g/mol. The number of aromatic nitrogens is 3. The second kappa shape index (κ2) is 8.98. The van der Waals surface area contributed by atoms with Crippen molar-refractivity contribution < 1.29 is 9.62 Å². The molecule has 33 heavy (non-hydrogen) atoms. The molecule has 1 N–H and O–H groups in total. The van der Waals surface area contributed by atoms with Crippen molar-refractivity contribution in [1.82, 2.24) is 15.2 Å². The van der Waals surface area contributed by atoms with Crippen LogP contribution in [-0.4, -0.2) is 26.1 Å². The highest BCUT2D eigenvalue weighted by atomic mass is 16.4. The summed E-state index contributed by atoms with van der Waals surface area (Å²) in [5.74, 6) is 1.75. The SMILES string of the molecule is Cc1cc(C(CC(c2ccc(-c3nnc(C4CC4)o3)cc2)c2ccccc2C)=NO)ccn1. The minimum atomic E-state index is 0.0179. The van der Waals surface area contributed by atoms with Gasteiger partial charge in [0, 0.05) is 41.3 Å². The van der Waals surface area contributed by atoms with Crippen LogP contribution in [0.3, 0.4) is 0 Å². The Morgan fingerprint density at radius 2 is 1.85 bits per heavy atom. The van der Waals surface area contributed by atoms with Crippen LogP contribution >= 0.6 is 0 Å². The Bertz CT molecular complexity index is 1290. The third-order valence-electron chi connectivity index (χ3n) is 6.24. The molecule has 166 valence electrons. The summed E-state index contributed by atoms with van der Waals surface area (Å²) in [6, 6.07) is 20.4. The smallest absolute Gasteiger partial charge is 0.247 e. The summed E-state index contributed by atoms with van der Waals surface area (Å²) in [7, 11) is 0. The number of aryl methyl sites for hydroxylation is 2. The van der Waals surface area contributed by atoms with Crippen molar-refractivity contribution in [2.45, 2.75) is 44.9 Å². The van der Waals surface area contributed by atoms with Crippen molar-refractivity contribution in [3.63, 3.8) is 0 Å². The number of hydrogen-bond acceptors (Lipinski definition) is 6. The van der Waals surface area contributed by atoms with Crippen molar-refractivity contribution in [1.29, 1.82) is 0 Å². The van der Waals surface area contributed by atoms with Gasteiger partial charge in [-0.15, -0.1) is 10.2 Å². The summed E-state index contributed by atoms with van der Waals surface area (Å²) < 4.78 is 5.87. The molecule has 1 saturated carbocycles. The Balaban J connectivity index is 1.48. The van der Waals surface area contributed by atoms with Gasteiger partial charge in [-0.25, -0.2) is 0 Å². The largest absolute Gasteiger partial charge is 0.420 e. The van der Waals surface area contributed by atoms with E-state index < -0.39 is 0 Å². The maximum absolute atomic E-state index is 9.87. The lowest BCUT2D eigenvalue weighted by Crippen LogP contribution is -2.12. The summed E-state index contributed by atoms with van der Waals surface area (Å²) in [6.45, 7) is 4.04. The summed E-state index contributed by atoms with van der Waals surface area (Å²) in [6.07, 6.45) is 4.55. The van der Waals surface area contributed by atoms with Crippen molar-refractivity contribution in [3.8, 4) is 11.5 Å². The fourth-order valence-electron chi connectivity index (χ4n) is 4.22. The maximum Gasteiger partial charge on any atom is 0.247 e. The Hall–Kier alpha value is -3.80. The average Bonchev–Trinajstić information content (AvgIpc) is 3.57. The predicted molar refractivity (Wildman–Crippen MR) is 127 cm³/mol. The molecule has 1 aliphatic carbocycles. The van der Waals surface area contributed by atoms with Gasteiger partial charge in [0.2, 0.25) is 11.8 Å². The first-order chi connectivity index (χ1) is 16.1. The van der Waals surface area contributed by atoms with Gasteiger partial charge in [0.1, 0.15) is 0 Å². The number of pyridine rings is 1. The Labute approximate surface area is 193 Å². The molecule has 0 spiro atoms. The molecule has 1 unspecified atom stereocenters. The van der Waals surface area contributed by atoms with E-state index in [0.717, 1.165) is 41.1 Å². The molecule has 4 aromatic rings. The Morgan fingerprint density at radius 1 is 1.06 bits per heavy atom. The molecule has 2 aromatic heterocycles. The molecule has 5 rings (SSSR count). The zero-order valence-corrected chi connectivity index (χ0v) is 18.8. The number of oxime groups is 1. The Kier molecular flexibility index (Phi) is 5.73. The molecular formula is C27H26N4O2. The molecule has 2 heterocycles. The van der Waals surface area contributed by atoms with E-state index in [9.17, 15) is 5.21 Å². The number of nitrogens with zero attached hydrogens (tertiary/aromatic N) is 4. The van der Waals surface area contributed by atoms with Crippen LogP contribution in [0.4, 0.5) is 0 Å². The van der Waals surface area contributed by atoms with Crippen LogP contribution < -0.4 is 0 Å². The van der Waals surface area contributed by atoms with Crippen LogP contribution in [0.1, 0.15) is 64.9 Å². The van der Waals surface area contributed by atoms with E-state index in [-0.39, 0.29) is 5.92 Å². The molecule has 0 bridgehead atoms. The van der Waals surface area contributed by atoms with E-state index in [1.165, 1.54) is 11.1 Å². The second-order valence-corrected chi connectivity index (χ2v) is 8.69. The standard InChI is InChI=1S/C27H26N4O2/c1-17-5-3-4-6-23(17)24(16-25(31-32)22-13-14-28-18(2)15-22)19-7-9-20(10-8-19)26-29-30-27(33-26)21-11-12-21/h3-10,13-15,21,24,32H,11-12,16H2,1-2H3. The predicted octanol–water partition coefficient (Wildman–Crippen LogP) is 6.03. The van der Waals surface area contributed by atoms with Gasteiger partial charge in [-0.1, -0.05) is 41.6 Å². The van der Waals surface area contributed by atoms with Crippen LogP contribution in [0.15, 0.2) is 76.4 Å². The molecule has 0 saturated heterocycles. The molecule has 0 aliphatic heterocycles. The molecule has 0 radical (unpaired) electrons. The van der Waals surface area contributed by atoms with E-state index in [1.54, 1.807) is 6.20 Å². The lowest BCUT2D eigenvalue weighted by Gasteiger charge is -2.21.